The fraction of sp³-hybridized carbons (Fsp3) is 0.500. The fourth-order valence-electron chi connectivity index (χ4n) is 4.64. The number of carboxylic acid groups (broad SMARTS) is 1. The number of benzene rings is 1. The number of halogens is 1. The first-order valence-electron chi connectivity index (χ1n) is 9.44. The summed E-state index contributed by atoms with van der Waals surface area (Å²) < 4.78 is 17.1. The van der Waals surface area contributed by atoms with Gasteiger partial charge in [-0.25, -0.2) is 9.18 Å². The standard InChI is InChI=1S/C20H22FN3O3/c1-10-16-13(24(11-2-3-11)8-12(18(16)25)19(26)27)6-14(17(10)21)23-5-4-20(9-23)7-15(20)22/h6,8,11,15H,2-5,7,9,22H2,1H3,(H,26,27). The van der Waals surface area contributed by atoms with Crippen molar-refractivity contribution >= 4 is 22.6 Å². The van der Waals surface area contributed by atoms with Gasteiger partial charge in [-0.05, 0) is 38.7 Å². The second-order valence-corrected chi connectivity index (χ2v) is 8.39. The molecular formula is C20H22FN3O3. The van der Waals surface area contributed by atoms with E-state index in [0.29, 0.717) is 11.2 Å². The second-order valence-electron chi connectivity index (χ2n) is 8.39. The zero-order chi connectivity index (χ0) is 19.1. The smallest absolute Gasteiger partial charge is 0.341 e. The third-order valence-electron chi connectivity index (χ3n) is 6.63. The van der Waals surface area contributed by atoms with E-state index in [2.05, 4.69) is 0 Å². The van der Waals surface area contributed by atoms with Crippen molar-refractivity contribution in [1.82, 2.24) is 4.57 Å². The van der Waals surface area contributed by atoms with E-state index < -0.39 is 17.2 Å². The van der Waals surface area contributed by atoms with Crippen LogP contribution in [0.3, 0.4) is 0 Å². The number of nitrogens with two attached hydrogens (primary N) is 1. The van der Waals surface area contributed by atoms with Crippen LogP contribution in [0.25, 0.3) is 10.9 Å². The summed E-state index contributed by atoms with van der Waals surface area (Å²) in [6.45, 7) is 3.05. The van der Waals surface area contributed by atoms with Crippen molar-refractivity contribution in [2.24, 2.45) is 11.1 Å². The van der Waals surface area contributed by atoms with E-state index in [-0.39, 0.29) is 34.0 Å². The van der Waals surface area contributed by atoms with Crippen molar-refractivity contribution in [2.75, 3.05) is 18.0 Å². The molecule has 1 saturated heterocycles. The highest BCUT2D eigenvalue weighted by Gasteiger charge is 2.55. The number of carbonyl (C=O) groups is 1. The molecule has 1 spiro atoms. The minimum atomic E-state index is -1.27. The van der Waals surface area contributed by atoms with Crippen LogP contribution in [-0.4, -0.2) is 34.8 Å². The Morgan fingerprint density at radius 3 is 2.67 bits per heavy atom. The summed E-state index contributed by atoms with van der Waals surface area (Å²) in [5, 5.41) is 9.58. The Balaban J connectivity index is 1.72. The van der Waals surface area contributed by atoms with E-state index in [1.807, 2.05) is 9.47 Å². The molecule has 3 N–H and O–H groups in total. The lowest BCUT2D eigenvalue weighted by Gasteiger charge is -2.23. The molecule has 6 nitrogen and oxygen atoms in total. The number of pyridine rings is 1. The Morgan fingerprint density at radius 1 is 1.41 bits per heavy atom. The average molecular weight is 371 g/mol. The van der Waals surface area contributed by atoms with E-state index >= 15 is 4.39 Å². The predicted molar refractivity (Wildman–Crippen MR) is 100.0 cm³/mol. The second kappa shape index (κ2) is 5.32. The molecule has 3 fully saturated rings. The van der Waals surface area contributed by atoms with Gasteiger partial charge in [-0.15, -0.1) is 0 Å². The van der Waals surface area contributed by atoms with Crippen LogP contribution in [0.5, 0.6) is 0 Å². The molecule has 2 heterocycles. The zero-order valence-electron chi connectivity index (χ0n) is 15.2. The molecule has 2 unspecified atom stereocenters. The molecule has 7 heteroatoms. The molecule has 0 radical (unpaired) electrons. The average Bonchev–Trinajstić information content (AvgIpc) is 3.51. The van der Waals surface area contributed by atoms with Crippen LogP contribution < -0.4 is 16.1 Å². The van der Waals surface area contributed by atoms with Crippen molar-refractivity contribution in [3.63, 3.8) is 0 Å². The van der Waals surface area contributed by atoms with Gasteiger partial charge in [0.15, 0.2) is 0 Å². The molecule has 0 amide bonds. The van der Waals surface area contributed by atoms with Crippen LogP contribution in [0.2, 0.25) is 0 Å². The maximum Gasteiger partial charge on any atom is 0.341 e. The molecule has 3 aliphatic rings. The van der Waals surface area contributed by atoms with Gasteiger partial charge in [0, 0.05) is 42.3 Å². The first-order chi connectivity index (χ1) is 12.8. The molecule has 27 heavy (non-hydrogen) atoms. The van der Waals surface area contributed by atoms with E-state index in [4.69, 9.17) is 5.73 Å². The zero-order valence-corrected chi connectivity index (χ0v) is 15.2. The summed E-state index contributed by atoms with van der Waals surface area (Å²) in [6, 6.07) is 2.09. The highest BCUT2D eigenvalue weighted by atomic mass is 19.1. The third-order valence-corrected chi connectivity index (χ3v) is 6.63. The van der Waals surface area contributed by atoms with E-state index in [1.54, 1.807) is 13.0 Å². The molecule has 5 rings (SSSR count). The van der Waals surface area contributed by atoms with Crippen molar-refractivity contribution in [1.29, 1.82) is 0 Å². The Kier molecular flexibility index (Phi) is 3.30. The van der Waals surface area contributed by atoms with Gasteiger partial charge >= 0.3 is 5.97 Å². The lowest BCUT2D eigenvalue weighted by molar-refractivity contribution is 0.0695. The van der Waals surface area contributed by atoms with Crippen molar-refractivity contribution < 1.29 is 14.3 Å². The van der Waals surface area contributed by atoms with Crippen LogP contribution in [0.1, 0.15) is 47.6 Å². The molecule has 0 bridgehead atoms. The van der Waals surface area contributed by atoms with Gasteiger partial charge in [0.25, 0.3) is 0 Å². The minimum absolute atomic E-state index is 0.110. The van der Waals surface area contributed by atoms with Crippen LogP contribution in [0.15, 0.2) is 17.1 Å². The molecule has 142 valence electrons. The summed E-state index contributed by atoms with van der Waals surface area (Å²) in [7, 11) is 0. The van der Waals surface area contributed by atoms with E-state index in [1.165, 1.54) is 6.20 Å². The monoisotopic (exact) mass is 371 g/mol. The summed E-state index contributed by atoms with van der Waals surface area (Å²) in [5.74, 6) is -1.71. The number of hydrogen-bond acceptors (Lipinski definition) is 4. The number of aromatic nitrogens is 1. The van der Waals surface area contributed by atoms with Gasteiger partial charge in [0.05, 0.1) is 16.6 Å². The van der Waals surface area contributed by atoms with E-state index in [0.717, 1.165) is 38.8 Å². The lowest BCUT2D eigenvalue weighted by atomic mass is 10.0. The van der Waals surface area contributed by atoms with Crippen molar-refractivity contribution in [2.45, 2.75) is 44.7 Å². The fourth-order valence-corrected chi connectivity index (χ4v) is 4.64. The number of fused-ring (bicyclic) bond motifs is 1. The van der Waals surface area contributed by atoms with Crippen LogP contribution in [0, 0.1) is 18.2 Å². The summed E-state index contributed by atoms with van der Waals surface area (Å²) in [6.07, 6.45) is 5.23. The number of carboxylic acids is 1. The Bertz CT molecular complexity index is 1060. The van der Waals surface area contributed by atoms with Crippen molar-refractivity contribution in [3.8, 4) is 0 Å². The molecule has 1 aromatic carbocycles. The summed E-state index contributed by atoms with van der Waals surface area (Å²) in [5.41, 5.74) is 6.63. The van der Waals surface area contributed by atoms with Crippen molar-refractivity contribution in [3.05, 3.63) is 39.4 Å². The number of anilines is 1. The Labute approximate surface area is 155 Å². The quantitative estimate of drug-likeness (QED) is 0.865. The molecule has 2 aromatic rings. The largest absolute Gasteiger partial charge is 0.477 e. The predicted octanol–water partition coefficient (Wildman–Crippen LogP) is 2.41. The van der Waals surface area contributed by atoms with Gasteiger partial charge in [0.1, 0.15) is 11.4 Å². The number of hydrogen-bond donors (Lipinski definition) is 2. The Morgan fingerprint density at radius 2 is 2.11 bits per heavy atom. The molecule has 2 aliphatic carbocycles. The number of rotatable bonds is 3. The molecular weight excluding hydrogens is 349 g/mol. The third kappa shape index (κ3) is 2.34. The SMILES string of the molecule is Cc1c(F)c(N2CCC3(CC3N)C2)cc2c1c(=O)c(C(=O)O)cn2C1CC1. The topological polar surface area (TPSA) is 88.6 Å². The lowest BCUT2D eigenvalue weighted by Crippen LogP contribution is -2.25. The maximum atomic E-state index is 15.2. The van der Waals surface area contributed by atoms with Gasteiger partial charge in [0.2, 0.25) is 5.43 Å². The molecule has 2 atom stereocenters. The first kappa shape index (κ1) is 16.7. The first-order valence-corrected chi connectivity index (χ1v) is 9.44. The molecule has 2 saturated carbocycles. The normalized spacial score (nSPS) is 26.9. The highest BCUT2D eigenvalue weighted by molar-refractivity contribution is 5.95. The summed E-state index contributed by atoms with van der Waals surface area (Å²) in [4.78, 5) is 26.3. The van der Waals surface area contributed by atoms with Crippen LogP contribution >= 0.6 is 0 Å². The van der Waals surface area contributed by atoms with Gasteiger partial charge in [-0.2, -0.15) is 0 Å². The molecule has 1 aromatic heterocycles. The van der Waals surface area contributed by atoms with Crippen LogP contribution in [-0.2, 0) is 0 Å². The maximum absolute atomic E-state index is 15.2. The number of aromatic carboxylic acids is 1. The minimum Gasteiger partial charge on any atom is -0.477 e. The van der Waals surface area contributed by atoms with Gasteiger partial charge in [-0.3, -0.25) is 4.79 Å². The number of aryl methyl sites for hydroxylation is 1. The van der Waals surface area contributed by atoms with Gasteiger partial charge in [-0.1, -0.05) is 0 Å². The van der Waals surface area contributed by atoms with Gasteiger partial charge < -0.3 is 20.3 Å². The van der Waals surface area contributed by atoms with E-state index in [9.17, 15) is 14.7 Å². The number of nitrogens with zero attached hydrogens (tertiary/aromatic N) is 2. The molecule has 1 aliphatic heterocycles. The Hall–Kier alpha value is -2.41. The summed E-state index contributed by atoms with van der Waals surface area (Å²) >= 11 is 0. The highest BCUT2D eigenvalue weighted by Crippen LogP contribution is 2.52. The van der Waals surface area contributed by atoms with Crippen LogP contribution in [0.4, 0.5) is 10.1 Å².